The highest BCUT2D eigenvalue weighted by atomic mass is 35.5. The van der Waals surface area contributed by atoms with Crippen molar-refractivity contribution in [1.82, 2.24) is 10.2 Å². The monoisotopic (exact) mass is 241 g/mol. The van der Waals surface area contributed by atoms with Crippen molar-refractivity contribution < 1.29 is 4.74 Å². The fourth-order valence-electron chi connectivity index (χ4n) is 1.90. The van der Waals surface area contributed by atoms with Gasteiger partial charge < -0.3 is 9.64 Å². The molecule has 0 saturated carbocycles. The zero-order valence-corrected chi connectivity index (χ0v) is 10.2. The van der Waals surface area contributed by atoms with Crippen LogP contribution in [0, 0.1) is 0 Å². The van der Waals surface area contributed by atoms with Crippen LogP contribution in [0.1, 0.15) is 19.8 Å². The van der Waals surface area contributed by atoms with E-state index in [2.05, 4.69) is 22.0 Å². The molecule has 0 spiro atoms. The molecule has 1 aliphatic heterocycles. The van der Waals surface area contributed by atoms with Crippen molar-refractivity contribution in [3.63, 3.8) is 0 Å². The van der Waals surface area contributed by atoms with Gasteiger partial charge in [-0.1, -0.05) is 11.6 Å². The molecule has 1 unspecified atom stereocenters. The van der Waals surface area contributed by atoms with Crippen LogP contribution in [0.15, 0.2) is 12.1 Å². The van der Waals surface area contributed by atoms with E-state index < -0.39 is 0 Å². The average molecular weight is 242 g/mol. The van der Waals surface area contributed by atoms with Gasteiger partial charge in [-0.2, -0.15) is 0 Å². The minimum atomic E-state index is 0.331. The van der Waals surface area contributed by atoms with Gasteiger partial charge in [0, 0.05) is 19.7 Å². The van der Waals surface area contributed by atoms with Gasteiger partial charge in [-0.05, 0) is 31.9 Å². The minimum Gasteiger partial charge on any atom is -0.376 e. The lowest BCUT2D eigenvalue weighted by Gasteiger charge is -2.24. The summed E-state index contributed by atoms with van der Waals surface area (Å²) in [5.74, 6) is 0.863. The van der Waals surface area contributed by atoms with Gasteiger partial charge in [0.2, 0.25) is 0 Å². The summed E-state index contributed by atoms with van der Waals surface area (Å²) in [5.41, 5.74) is 0. The van der Waals surface area contributed by atoms with Crippen molar-refractivity contribution in [2.75, 3.05) is 24.6 Å². The average Bonchev–Trinajstić information content (AvgIpc) is 2.80. The first-order valence-electron chi connectivity index (χ1n) is 5.65. The molecule has 1 fully saturated rings. The molecule has 88 valence electrons. The van der Waals surface area contributed by atoms with E-state index in [9.17, 15) is 0 Å². The number of halogens is 1. The largest absolute Gasteiger partial charge is 0.376 e. The van der Waals surface area contributed by atoms with E-state index in [4.69, 9.17) is 16.3 Å². The van der Waals surface area contributed by atoms with E-state index in [1.807, 2.05) is 6.07 Å². The van der Waals surface area contributed by atoms with Crippen LogP contribution < -0.4 is 4.90 Å². The summed E-state index contributed by atoms with van der Waals surface area (Å²) in [6.45, 7) is 4.77. The van der Waals surface area contributed by atoms with Gasteiger partial charge in [0.15, 0.2) is 11.0 Å². The van der Waals surface area contributed by atoms with E-state index in [0.29, 0.717) is 11.3 Å². The number of anilines is 1. The topological polar surface area (TPSA) is 38.2 Å². The van der Waals surface area contributed by atoms with Gasteiger partial charge in [0.1, 0.15) is 0 Å². The van der Waals surface area contributed by atoms with Gasteiger partial charge in [0.25, 0.3) is 0 Å². The Hall–Kier alpha value is -0.870. The van der Waals surface area contributed by atoms with Gasteiger partial charge in [-0.25, -0.2) is 0 Å². The number of aromatic nitrogens is 2. The molecule has 5 heteroatoms. The van der Waals surface area contributed by atoms with Crippen molar-refractivity contribution in [3.05, 3.63) is 17.3 Å². The first kappa shape index (κ1) is 11.6. The fraction of sp³-hybridized carbons (Fsp3) is 0.636. The van der Waals surface area contributed by atoms with Crippen molar-refractivity contribution in [3.8, 4) is 0 Å². The Morgan fingerprint density at radius 2 is 2.38 bits per heavy atom. The molecule has 1 aromatic rings. The van der Waals surface area contributed by atoms with Crippen LogP contribution in [-0.2, 0) is 4.74 Å². The molecule has 4 nitrogen and oxygen atoms in total. The molecule has 0 amide bonds. The lowest BCUT2D eigenvalue weighted by atomic mass is 10.2. The lowest BCUT2D eigenvalue weighted by molar-refractivity contribution is 0.115. The lowest BCUT2D eigenvalue weighted by Crippen LogP contribution is -2.32. The smallest absolute Gasteiger partial charge is 0.151 e. The molecular formula is C11H16ClN3O. The van der Waals surface area contributed by atoms with Crippen LogP contribution in [0.5, 0.6) is 0 Å². The van der Waals surface area contributed by atoms with Crippen LogP contribution in [0.25, 0.3) is 0 Å². The first-order chi connectivity index (χ1) is 7.79. The normalized spacial score (nSPS) is 20.0. The number of hydrogen-bond acceptors (Lipinski definition) is 4. The van der Waals surface area contributed by atoms with Crippen LogP contribution in [0.2, 0.25) is 5.15 Å². The number of ether oxygens (including phenoxy) is 1. The van der Waals surface area contributed by atoms with Gasteiger partial charge in [-0.15, -0.1) is 10.2 Å². The molecule has 0 aliphatic carbocycles. The predicted octanol–water partition coefficient (Wildman–Crippen LogP) is 2.14. The maximum absolute atomic E-state index is 5.71. The van der Waals surface area contributed by atoms with E-state index in [1.54, 1.807) is 6.07 Å². The number of nitrogens with zero attached hydrogens (tertiary/aromatic N) is 3. The second-order valence-corrected chi connectivity index (χ2v) is 4.28. The number of likely N-dealkylation sites (N-methyl/N-ethyl adjacent to an activating group) is 1. The Labute approximate surface area is 101 Å². The SMILES string of the molecule is CCN(CC1CCCO1)c1ccc(Cl)nn1. The molecule has 2 heterocycles. The van der Waals surface area contributed by atoms with Gasteiger partial charge >= 0.3 is 0 Å². The summed E-state index contributed by atoms with van der Waals surface area (Å²) < 4.78 is 5.61. The van der Waals surface area contributed by atoms with Crippen LogP contribution in [-0.4, -0.2) is 36.0 Å². The fourth-order valence-corrected chi connectivity index (χ4v) is 2.00. The summed E-state index contributed by atoms with van der Waals surface area (Å²) >= 11 is 5.71. The molecule has 1 saturated heterocycles. The van der Waals surface area contributed by atoms with Crippen molar-refractivity contribution in [1.29, 1.82) is 0 Å². The maximum Gasteiger partial charge on any atom is 0.151 e. The molecule has 0 N–H and O–H groups in total. The van der Waals surface area contributed by atoms with Crippen LogP contribution in [0.4, 0.5) is 5.82 Å². The molecule has 16 heavy (non-hydrogen) atoms. The van der Waals surface area contributed by atoms with E-state index >= 15 is 0 Å². The standard InChI is InChI=1S/C11H16ClN3O/c1-2-15(8-9-4-3-7-16-9)11-6-5-10(12)13-14-11/h5-6,9H,2-4,7-8H2,1H3. The molecule has 1 aliphatic rings. The quantitative estimate of drug-likeness (QED) is 0.810. The third-order valence-electron chi connectivity index (χ3n) is 2.77. The Bertz CT molecular complexity index is 325. The van der Waals surface area contributed by atoms with Crippen LogP contribution >= 0.6 is 11.6 Å². The van der Waals surface area contributed by atoms with E-state index in [1.165, 1.54) is 0 Å². The van der Waals surface area contributed by atoms with Crippen molar-refractivity contribution in [2.45, 2.75) is 25.9 Å². The van der Waals surface area contributed by atoms with Crippen molar-refractivity contribution >= 4 is 17.4 Å². The highest BCUT2D eigenvalue weighted by Crippen LogP contribution is 2.17. The first-order valence-corrected chi connectivity index (χ1v) is 6.03. The molecular weight excluding hydrogens is 226 g/mol. The molecule has 0 aromatic carbocycles. The molecule has 1 aromatic heterocycles. The second kappa shape index (κ2) is 5.46. The Kier molecular flexibility index (Phi) is 3.96. The van der Waals surface area contributed by atoms with E-state index in [0.717, 1.165) is 38.4 Å². The van der Waals surface area contributed by atoms with Crippen LogP contribution in [0.3, 0.4) is 0 Å². The summed E-state index contributed by atoms with van der Waals surface area (Å²) in [5, 5.41) is 8.36. The zero-order chi connectivity index (χ0) is 11.4. The molecule has 0 radical (unpaired) electrons. The summed E-state index contributed by atoms with van der Waals surface area (Å²) in [6, 6.07) is 3.66. The van der Waals surface area contributed by atoms with Gasteiger partial charge in [0.05, 0.1) is 6.10 Å². The maximum atomic E-state index is 5.71. The summed E-state index contributed by atoms with van der Waals surface area (Å²) in [6.07, 6.45) is 2.63. The highest BCUT2D eigenvalue weighted by molar-refractivity contribution is 6.29. The second-order valence-electron chi connectivity index (χ2n) is 3.89. The third-order valence-corrected chi connectivity index (χ3v) is 2.97. The number of rotatable bonds is 4. The predicted molar refractivity (Wildman–Crippen MR) is 63.9 cm³/mol. The van der Waals surface area contributed by atoms with Gasteiger partial charge in [-0.3, -0.25) is 0 Å². The Balaban J connectivity index is 2.00. The highest BCUT2D eigenvalue weighted by Gasteiger charge is 2.19. The molecule has 0 bridgehead atoms. The Morgan fingerprint density at radius 3 is 2.94 bits per heavy atom. The third kappa shape index (κ3) is 2.83. The summed E-state index contributed by atoms with van der Waals surface area (Å²) in [7, 11) is 0. The zero-order valence-electron chi connectivity index (χ0n) is 9.40. The molecule has 1 atom stereocenters. The van der Waals surface area contributed by atoms with E-state index in [-0.39, 0.29) is 0 Å². The number of hydrogen-bond donors (Lipinski definition) is 0. The Morgan fingerprint density at radius 1 is 1.50 bits per heavy atom. The summed E-state index contributed by atoms with van der Waals surface area (Å²) in [4.78, 5) is 2.17. The molecule has 2 rings (SSSR count). The minimum absolute atomic E-state index is 0.331. The van der Waals surface area contributed by atoms with Crippen molar-refractivity contribution in [2.24, 2.45) is 0 Å².